The number of aromatic nitrogens is 1. The Bertz CT molecular complexity index is 366. The molecule has 14 heavy (non-hydrogen) atoms. The summed E-state index contributed by atoms with van der Waals surface area (Å²) in [5.41, 5.74) is 0.433. The molecule has 1 fully saturated rings. The van der Waals surface area contributed by atoms with Crippen molar-refractivity contribution in [1.82, 2.24) is 0 Å². The topological polar surface area (TPSA) is 65.8 Å². The van der Waals surface area contributed by atoms with Crippen LogP contribution in [0.25, 0.3) is 0 Å². The summed E-state index contributed by atoms with van der Waals surface area (Å²) in [4.78, 5) is 11.0. The highest BCUT2D eigenvalue weighted by Crippen LogP contribution is 2.37. The number of pyridine rings is 1. The number of hydrogen-bond acceptors (Lipinski definition) is 4. The fraction of sp³-hybridized carbons (Fsp3) is 0.333. The Labute approximate surface area is 80.5 Å². The van der Waals surface area contributed by atoms with Crippen molar-refractivity contribution in [3.05, 3.63) is 35.3 Å². The van der Waals surface area contributed by atoms with Crippen LogP contribution in [0.15, 0.2) is 24.4 Å². The molecule has 2 atom stereocenters. The maximum absolute atomic E-state index is 11.2. The van der Waals surface area contributed by atoms with Gasteiger partial charge >= 0.3 is 5.97 Å². The van der Waals surface area contributed by atoms with Crippen LogP contribution in [0.2, 0.25) is 0 Å². The van der Waals surface area contributed by atoms with Crippen molar-refractivity contribution in [2.75, 3.05) is 7.11 Å². The zero-order valence-electron chi connectivity index (χ0n) is 7.54. The molecule has 0 aliphatic carbocycles. The summed E-state index contributed by atoms with van der Waals surface area (Å²) in [6, 6.07) is 4.96. The van der Waals surface area contributed by atoms with Gasteiger partial charge in [-0.15, -0.1) is 0 Å². The standard InChI is InChI=1S/C9H9NO4/c1-13-9(11)8-7(14-8)6-4-2-3-5-10(6)12/h2-5,7-8H,1H3. The summed E-state index contributed by atoms with van der Waals surface area (Å²) in [7, 11) is 1.29. The van der Waals surface area contributed by atoms with Gasteiger partial charge in [0.15, 0.2) is 18.4 Å². The third-order valence-corrected chi connectivity index (χ3v) is 2.07. The Morgan fingerprint density at radius 3 is 3.07 bits per heavy atom. The Kier molecular flexibility index (Phi) is 2.09. The molecule has 1 aliphatic rings. The summed E-state index contributed by atoms with van der Waals surface area (Å²) in [6.45, 7) is 0. The summed E-state index contributed by atoms with van der Waals surface area (Å²) >= 11 is 0. The third kappa shape index (κ3) is 1.42. The summed E-state index contributed by atoms with van der Waals surface area (Å²) < 4.78 is 10.2. The van der Waals surface area contributed by atoms with Crippen LogP contribution in [0.4, 0.5) is 0 Å². The van der Waals surface area contributed by atoms with Gasteiger partial charge in [0.25, 0.3) is 0 Å². The minimum absolute atomic E-state index is 0.433. The summed E-state index contributed by atoms with van der Waals surface area (Å²) in [6.07, 6.45) is 0.287. The van der Waals surface area contributed by atoms with Gasteiger partial charge in [-0.1, -0.05) is 0 Å². The fourth-order valence-corrected chi connectivity index (χ4v) is 1.29. The zero-order valence-corrected chi connectivity index (χ0v) is 7.54. The molecule has 0 bridgehead atoms. The highest BCUT2D eigenvalue weighted by molar-refractivity contribution is 5.78. The quantitative estimate of drug-likeness (QED) is 0.287. The highest BCUT2D eigenvalue weighted by atomic mass is 16.6. The van der Waals surface area contributed by atoms with E-state index in [2.05, 4.69) is 4.74 Å². The van der Waals surface area contributed by atoms with E-state index in [1.54, 1.807) is 18.2 Å². The Morgan fingerprint density at radius 1 is 1.64 bits per heavy atom. The van der Waals surface area contributed by atoms with E-state index in [4.69, 9.17) is 4.74 Å². The Morgan fingerprint density at radius 2 is 2.43 bits per heavy atom. The van der Waals surface area contributed by atoms with Gasteiger partial charge < -0.3 is 14.7 Å². The smallest absolute Gasteiger partial charge is 0.338 e. The van der Waals surface area contributed by atoms with Gasteiger partial charge in [-0.05, 0) is 6.07 Å². The van der Waals surface area contributed by atoms with Crippen molar-refractivity contribution in [2.24, 2.45) is 0 Å². The number of rotatable bonds is 2. The van der Waals surface area contributed by atoms with Crippen molar-refractivity contribution in [2.45, 2.75) is 12.2 Å². The normalized spacial score (nSPS) is 24.4. The number of carbonyl (C=O) groups is 1. The molecule has 1 saturated heterocycles. The lowest BCUT2D eigenvalue weighted by Crippen LogP contribution is -2.31. The lowest BCUT2D eigenvalue weighted by atomic mass is 10.2. The van der Waals surface area contributed by atoms with Gasteiger partial charge in [0.05, 0.1) is 7.11 Å². The molecule has 1 aliphatic heterocycles. The van der Waals surface area contributed by atoms with Gasteiger partial charge in [-0.2, -0.15) is 4.73 Å². The van der Waals surface area contributed by atoms with Crippen molar-refractivity contribution < 1.29 is 19.0 Å². The maximum atomic E-state index is 11.2. The molecule has 0 spiro atoms. The van der Waals surface area contributed by atoms with Gasteiger partial charge in [0.1, 0.15) is 0 Å². The second kappa shape index (κ2) is 3.26. The molecule has 5 nitrogen and oxygen atoms in total. The average molecular weight is 195 g/mol. The lowest BCUT2D eigenvalue weighted by Gasteiger charge is -1.99. The second-order valence-electron chi connectivity index (χ2n) is 2.95. The van der Waals surface area contributed by atoms with Gasteiger partial charge in [0, 0.05) is 12.1 Å². The molecule has 74 valence electrons. The van der Waals surface area contributed by atoms with E-state index in [0.717, 1.165) is 0 Å². The summed E-state index contributed by atoms with van der Waals surface area (Å²) in [5, 5.41) is 11.2. The van der Waals surface area contributed by atoms with E-state index in [0.29, 0.717) is 10.4 Å². The zero-order chi connectivity index (χ0) is 10.1. The number of hydrogen-bond donors (Lipinski definition) is 0. The van der Waals surface area contributed by atoms with Gasteiger partial charge in [0.2, 0.25) is 5.69 Å². The van der Waals surface area contributed by atoms with Crippen LogP contribution in [-0.4, -0.2) is 19.2 Å². The van der Waals surface area contributed by atoms with Crippen LogP contribution in [0.3, 0.4) is 0 Å². The molecule has 0 saturated carbocycles. The monoisotopic (exact) mass is 195 g/mol. The van der Waals surface area contributed by atoms with E-state index in [-0.39, 0.29) is 0 Å². The molecule has 0 N–H and O–H groups in total. The van der Waals surface area contributed by atoms with Crippen LogP contribution in [0, 0.1) is 5.21 Å². The first-order valence-corrected chi connectivity index (χ1v) is 4.15. The van der Waals surface area contributed by atoms with Crippen molar-refractivity contribution in [1.29, 1.82) is 0 Å². The van der Waals surface area contributed by atoms with Crippen LogP contribution in [-0.2, 0) is 14.3 Å². The maximum Gasteiger partial charge on any atom is 0.338 e. The molecule has 0 amide bonds. The van der Waals surface area contributed by atoms with Crippen molar-refractivity contribution in [3.8, 4) is 0 Å². The average Bonchev–Trinajstić information content (AvgIpc) is 2.97. The van der Waals surface area contributed by atoms with E-state index in [9.17, 15) is 10.0 Å². The molecule has 2 unspecified atom stereocenters. The predicted molar refractivity (Wildman–Crippen MR) is 45.0 cm³/mol. The highest BCUT2D eigenvalue weighted by Gasteiger charge is 2.51. The second-order valence-corrected chi connectivity index (χ2v) is 2.95. The van der Waals surface area contributed by atoms with E-state index in [1.165, 1.54) is 13.3 Å². The lowest BCUT2D eigenvalue weighted by molar-refractivity contribution is -0.615. The van der Waals surface area contributed by atoms with Crippen LogP contribution in [0.5, 0.6) is 0 Å². The van der Waals surface area contributed by atoms with E-state index < -0.39 is 18.2 Å². The number of nitrogens with zero attached hydrogens (tertiary/aromatic N) is 1. The number of epoxide rings is 1. The largest absolute Gasteiger partial charge is 0.618 e. The number of methoxy groups -OCH3 is 1. The van der Waals surface area contributed by atoms with Crippen LogP contribution in [0.1, 0.15) is 11.8 Å². The molecule has 2 heterocycles. The summed E-state index contributed by atoms with van der Waals surface area (Å²) in [5.74, 6) is -0.446. The van der Waals surface area contributed by atoms with Gasteiger partial charge in [-0.3, -0.25) is 0 Å². The number of ether oxygens (including phenoxy) is 2. The van der Waals surface area contributed by atoms with Crippen molar-refractivity contribution >= 4 is 5.97 Å². The first-order valence-electron chi connectivity index (χ1n) is 4.15. The molecule has 1 aromatic rings. The molecular weight excluding hydrogens is 186 g/mol. The minimum atomic E-state index is -0.623. The Hall–Kier alpha value is -1.62. The third-order valence-electron chi connectivity index (χ3n) is 2.07. The number of esters is 1. The van der Waals surface area contributed by atoms with E-state index >= 15 is 0 Å². The molecule has 2 rings (SSSR count). The molecule has 0 radical (unpaired) electrons. The van der Waals surface area contributed by atoms with E-state index in [1.807, 2.05) is 0 Å². The molecule has 5 heteroatoms. The first kappa shape index (κ1) is 8.96. The van der Waals surface area contributed by atoms with Crippen LogP contribution >= 0.6 is 0 Å². The predicted octanol–water partition coefficient (Wildman–Crippen LogP) is -0.0671. The molecule has 1 aromatic heterocycles. The molecule has 0 aromatic carbocycles. The first-order chi connectivity index (χ1) is 6.74. The van der Waals surface area contributed by atoms with Crippen molar-refractivity contribution in [3.63, 3.8) is 0 Å². The fourth-order valence-electron chi connectivity index (χ4n) is 1.29. The minimum Gasteiger partial charge on any atom is -0.618 e. The van der Waals surface area contributed by atoms with Crippen LogP contribution < -0.4 is 4.73 Å². The Balaban J connectivity index is 2.13. The molecular formula is C9H9NO4. The van der Waals surface area contributed by atoms with Gasteiger partial charge in [-0.25, -0.2) is 4.79 Å². The number of carbonyl (C=O) groups excluding carboxylic acids is 1. The SMILES string of the molecule is COC(=O)C1OC1c1cccc[n+]1[O-].